The average molecular weight is 511 g/mol. The fourth-order valence-electron chi connectivity index (χ4n) is 7.28. The molecular formula is C34H42N2O2. The predicted molar refractivity (Wildman–Crippen MR) is 153 cm³/mol. The molecule has 0 saturated heterocycles. The van der Waals surface area contributed by atoms with Crippen LogP contribution in [0.25, 0.3) is 0 Å². The molecule has 1 saturated carbocycles. The number of hydrogen-bond donors (Lipinski definition) is 2. The van der Waals surface area contributed by atoms with Gasteiger partial charge in [0.25, 0.3) is 5.91 Å². The lowest BCUT2D eigenvalue weighted by molar-refractivity contribution is -0.0884. The summed E-state index contributed by atoms with van der Waals surface area (Å²) in [5.74, 6) is 0.710. The van der Waals surface area contributed by atoms with E-state index in [1.54, 1.807) is 6.20 Å². The molecule has 0 bridgehead atoms. The van der Waals surface area contributed by atoms with Gasteiger partial charge < -0.3 is 10.4 Å². The van der Waals surface area contributed by atoms with Crippen molar-refractivity contribution in [2.75, 3.05) is 0 Å². The summed E-state index contributed by atoms with van der Waals surface area (Å²) in [5.41, 5.74) is 6.16. The van der Waals surface area contributed by atoms with E-state index >= 15 is 0 Å². The second kappa shape index (κ2) is 11.0. The highest BCUT2D eigenvalue weighted by Crippen LogP contribution is 2.56. The molecule has 1 amide bonds. The molecule has 1 unspecified atom stereocenters. The monoisotopic (exact) mass is 510 g/mol. The van der Waals surface area contributed by atoms with Gasteiger partial charge in [-0.15, -0.1) is 0 Å². The van der Waals surface area contributed by atoms with Gasteiger partial charge in [-0.25, -0.2) is 0 Å². The van der Waals surface area contributed by atoms with E-state index in [1.165, 1.54) is 16.7 Å². The van der Waals surface area contributed by atoms with Gasteiger partial charge in [0.05, 0.1) is 5.60 Å². The van der Waals surface area contributed by atoms with Crippen molar-refractivity contribution >= 4 is 5.91 Å². The zero-order chi connectivity index (χ0) is 26.8. The maximum absolute atomic E-state index is 13.1. The molecule has 2 aliphatic carbocycles. The van der Waals surface area contributed by atoms with Gasteiger partial charge >= 0.3 is 0 Å². The summed E-state index contributed by atoms with van der Waals surface area (Å²) in [5, 5.41) is 14.9. The molecule has 4 atom stereocenters. The molecule has 4 heteroatoms. The van der Waals surface area contributed by atoms with E-state index in [2.05, 4.69) is 66.6 Å². The Morgan fingerprint density at radius 2 is 1.95 bits per heavy atom. The third-order valence-electron chi connectivity index (χ3n) is 9.61. The smallest absolute Gasteiger partial charge is 0.251 e. The van der Waals surface area contributed by atoms with Gasteiger partial charge in [-0.1, -0.05) is 62.7 Å². The van der Waals surface area contributed by atoms with Crippen LogP contribution < -0.4 is 5.32 Å². The highest BCUT2D eigenvalue weighted by Gasteiger charge is 2.52. The van der Waals surface area contributed by atoms with E-state index < -0.39 is 5.60 Å². The van der Waals surface area contributed by atoms with Crippen LogP contribution in [0, 0.1) is 18.8 Å². The number of pyridine rings is 1. The summed E-state index contributed by atoms with van der Waals surface area (Å²) >= 11 is 0. The lowest BCUT2D eigenvalue weighted by Gasteiger charge is -2.55. The molecular weight excluding hydrogens is 468 g/mol. The van der Waals surface area contributed by atoms with Crippen molar-refractivity contribution in [1.29, 1.82) is 0 Å². The maximum atomic E-state index is 13.1. The summed E-state index contributed by atoms with van der Waals surface area (Å²) in [4.78, 5) is 17.5. The number of fused-ring (bicyclic) bond motifs is 3. The van der Waals surface area contributed by atoms with Crippen LogP contribution in [0.4, 0.5) is 0 Å². The third-order valence-corrected chi connectivity index (χ3v) is 9.61. The molecule has 2 aliphatic rings. The number of aliphatic hydroxyl groups is 1. The van der Waals surface area contributed by atoms with Crippen molar-refractivity contribution in [3.05, 3.63) is 100 Å². The van der Waals surface area contributed by atoms with Crippen LogP contribution in [-0.2, 0) is 24.8 Å². The number of nitrogens with zero attached hydrogens (tertiary/aromatic N) is 1. The van der Waals surface area contributed by atoms with Crippen molar-refractivity contribution in [3.8, 4) is 0 Å². The normalized spacial score (nSPS) is 25.2. The van der Waals surface area contributed by atoms with Gasteiger partial charge in [0.1, 0.15) is 0 Å². The second-order valence-electron chi connectivity index (χ2n) is 11.9. The Bertz CT molecular complexity index is 1270. The number of amides is 1. The summed E-state index contributed by atoms with van der Waals surface area (Å²) in [7, 11) is 0. The topological polar surface area (TPSA) is 62.2 Å². The Hall–Kier alpha value is -2.98. The fourth-order valence-corrected chi connectivity index (χ4v) is 7.28. The van der Waals surface area contributed by atoms with E-state index in [0.717, 1.165) is 68.2 Å². The molecule has 38 heavy (non-hydrogen) atoms. The zero-order valence-electron chi connectivity index (χ0n) is 23.2. The third kappa shape index (κ3) is 5.16. The quantitative estimate of drug-likeness (QED) is 0.354. The summed E-state index contributed by atoms with van der Waals surface area (Å²) in [6, 6.07) is 21.1. The van der Waals surface area contributed by atoms with Crippen molar-refractivity contribution < 1.29 is 9.90 Å². The molecule has 2 aromatic carbocycles. The van der Waals surface area contributed by atoms with Crippen LogP contribution in [0.5, 0.6) is 0 Å². The summed E-state index contributed by atoms with van der Waals surface area (Å²) < 4.78 is 0. The number of hydrogen-bond acceptors (Lipinski definition) is 3. The van der Waals surface area contributed by atoms with E-state index in [0.29, 0.717) is 18.4 Å². The molecule has 0 aliphatic heterocycles. The van der Waals surface area contributed by atoms with Crippen molar-refractivity contribution in [3.63, 3.8) is 0 Å². The van der Waals surface area contributed by atoms with Gasteiger partial charge in [0.2, 0.25) is 0 Å². The van der Waals surface area contributed by atoms with Crippen LogP contribution in [-0.4, -0.2) is 21.6 Å². The van der Waals surface area contributed by atoms with E-state index in [-0.39, 0.29) is 11.3 Å². The molecule has 200 valence electrons. The first-order chi connectivity index (χ1) is 18.3. The number of nitrogens with one attached hydrogen (secondary N) is 1. The highest BCUT2D eigenvalue weighted by molar-refractivity contribution is 5.94. The van der Waals surface area contributed by atoms with Crippen molar-refractivity contribution in [2.24, 2.45) is 11.8 Å². The summed E-state index contributed by atoms with van der Waals surface area (Å²) in [6.45, 7) is 6.90. The number of carbonyl (C=O) groups excluding carboxylic acids is 1. The van der Waals surface area contributed by atoms with Crippen LogP contribution in [0.1, 0.15) is 90.7 Å². The van der Waals surface area contributed by atoms with Crippen LogP contribution in [0.2, 0.25) is 0 Å². The first kappa shape index (κ1) is 26.6. The lowest BCUT2D eigenvalue weighted by Crippen LogP contribution is -2.53. The molecule has 3 aromatic rings. The SMILES string of the molecule is CCCC(C)[C@@]1(O)CC[C@@]2(Cc3ccccc3)c3ccc(C(=O)NCc4cccnc4C)cc3CC[C@@H]2C1. The Labute approximate surface area is 227 Å². The number of rotatable bonds is 8. The largest absolute Gasteiger partial charge is 0.390 e. The van der Waals surface area contributed by atoms with E-state index in [4.69, 9.17) is 0 Å². The first-order valence-electron chi connectivity index (χ1n) is 14.4. The minimum atomic E-state index is -0.581. The molecule has 0 spiro atoms. The van der Waals surface area contributed by atoms with Gasteiger partial charge in [-0.3, -0.25) is 9.78 Å². The molecule has 1 fully saturated rings. The zero-order valence-corrected chi connectivity index (χ0v) is 23.2. The van der Waals surface area contributed by atoms with Crippen LogP contribution in [0.15, 0.2) is 66.9 Å². The van der Waals surface area contributed by atoms with Gasteiger partial charge in [-0.05, 0) is 104 Å². The predicted octanol–water partition coefficient (Wildman–Crippen LogP) is 6.71. The fraction of sp³-hybridized carbons (Fsp3) is 0.471. The van der Waals surface area contributed by atoms with Crippen molar-refractivity contribution in [1.82, 2.24) is 10.3 Å². The molecule has 2 N–H and O–H groups in total. The maximum Gasteiger partial charge on any atom is 0.251 e. The standard InChI is InChI=1S/C34H42N2O2/c1-4-9-24(2)34(38)18-17-33(21-26-10-6-5-7-11-26)30(22-34)15-13-27-20-28(14-16-31(27)33)32(37)36-23-29-12-8-19-35-25(29)3/h5-8,10-12,14,16,19-20,24,30,38H,4,9,13,15,17-18,21-23H2,1-3H3,(H,36,37)/t24?,30-,33+,34-/m1/s1. The number of carbonyl (C=O) groups is 1. The van der Waals surface area contributed by atoms with Gasteiger partial charge in [0, 0.05) is 29.4 Å². The molecule has 1 aromatic heterocycles. The van der Waals surface area contributed by atoms with Crippen LogP contribution >= 0.6 is 0 Å². The highest BCUT2D eigenvalue weighted by atomic mass is 16.3. The lowest BCUT2D eigenvalue weighted by atomic mass is 9.51. The Morgan fingerprint density at radius 1 is 1.13 bits per heavy atom. The van der Waals surface area contributed by atoms with Gasteiger partial charge in [-0.2, -0.15) is 0 Å². The molecule has 4 nitrogen and oxygen atoms in total. The average Bonchev–Trinajstić information content (AvgIpc) is 2.93. The Balaban J connectivity index is 1.43. The summed E-state index contributed by atoms with van der Waals surface area (Å²) in [6.07, 6.45) is 9.64. The van der Waals surface area contributed by atoms with Crippen LogP contribution in [0.3, 0.4) is 0 Å². The molecule has 5 rings (SSSR count). The van der Waals surface area contributed by atoms with E-state index in [1.807, 2.05) is 25.1 Å². The molecule has 1 heterocycles. The minimum absolute atomic E-state index is 0.00503. The number of aromatic nitrogens is 1. The van der Waals surface area contributed by atoms with Crippen molar-refractivity contribution in [2.45, 2.75) is 89.7 Å². The van der Waals surface area contributed by atoms with Gasteiger partial charge in [0.15, 0.2) is 0 Å². The number of benzene rings is 2. The van der Waals surface area contributed by atoms with E-state index in [9.17, 15) is 9.90 Å². The molecule has 0 radical (unpaired) electrons. The second-order valence-corrected chi connectivity index (χ2v) is 11.9. The first-order valence-corrected chi connectivity index (χ1v) is 14.4. The Morgan fingerprint density at radius 3 is 2.71 bits per heavy atom. The number of aryl methyl sites for hydroxylation is 2. The minimum Gasteiger partial charge on any atom is -0.390 e. The Kier molecular flexibility index (Phi) is 7.72.